The predicted molar refractivity (Wildman–Crippen MR) is 145 cm³/mol. The predicted octanol–water partition coefficient (Wildman–Crippen LogP) is 4.03. The molecule has 2 aliphatic rings. The molecule has 0 atom stereocenters. The van der Waals surface area contributed by atoms with Crippen molar-refractivity contribution in [3.05, 3.63) is 82.2 Å². The van der Waals surface area contributed by atoms with Crippen LogP contribution in [0.2, 0.25) is 0 Å². The number of rotatable bonds is 8. The first-order chi connectivity index (χ1) is 18.9. The number of aromatic nitrogens is 5. The van der Waals surface area contributed by atoms with Crippen LogP contribution in [0.15, 0.2) is 42.7 Å². The molecule has 3 heterocycles. The molecule has 1 amide bonds. The number of fused-ring (bicyclic) bond motifs is 1. The van der Waals surface area contributed by atoms with Gasteiger partial charge in [0.15, 0.2) is 5.82 Å². The van der Waals surface area contributed by atoms with E-state index in [1.54, 1.807) is 24.4 Å². The molecular formula is C29H30FN7O2. The summed E-state index contributed by atoms with van der Waals surface area (Å²) in [5, 5.41) is 14.8. The third-order valence-corrected chi connectivity index (χ3v) is 7.35. The molecule has 1 saturated carbocycles. The van der Waals surface area contributed by atoms with E-state index in [0.717, 1.165) is 42.5 Å². The zero-order valence-electron chi connectivity index (χ0n) is 21.8. The van der Waals surface area contributed by atoms with Crippen LogP contribution in [0.1, 0.15) is 70.5 Å². The summed E-state index contributed by atoms with van der Waals surface area (Å²) in [7, 11) is 0. The van der Waals surface area contributed by atoms with Gasteiger partial charge in [0.2, 0.25) is 5.95 Å². The van der Waals surface area contributed by atoms with Crippen LogP contribution in [-0.2, 0) is 26.0 Å². The van der Waals surface area contributed by atoms with Crippen LogP contribution in [0.25, 0.3) is 11.4 Å². The number of halogens is 1. The smallest absolute Gasteiger partial charge is 0.261 e. The summed E-state index contributed by atoms with van der Waals surface area (Å²) in [6, 6.07) is 8.78. The lowest BCUT2D eigenvalue weighted by molar-refractivity contribution is 0.0976. The number of nitrogens with two attached hydrogens (primary N) is 1. The summed E-state index contributed by atoms with van der Waals surface area (Å²) in [6.07, 6.45) is 7.79. The molecule has 1 aliphatic heterocycles. The van der Waals surface area contributed by atoms with Crippen LogP contribution in [0.3, 0.4) is 0 Å². The lowest BCUT2D eigenvalue weighted by Gasteiger charge is -2.31. The first kappa shape index (κ1) is 25.1. The average Bonchev–Trinajstić information content (AvgIpc) is 3.68. The second kappa shape index (κ2) is 10.2. The quantitative estimate of drug-likeness (QED) is 0.355. The van der Waals surface area contributed by atoms with Crippen LogP contribution >= 0.6 is 0 Å². The van der Waals surface area contributed by atoms with Gasteiger partial charge in [-0.1, -0.05) is 25.1 Å². The third-order valence-electron chi connectivity index (χ3n) is 7.35. The topological polar surface area (TPSA) is 123 Å². The average molecular weight is 528 g/mol. The number of nitrogens with zero attached hydrogens (tertiary/aromatic N) is 6. The Labute approximate surface area is 225 Å². The highest BCUT2D eigenvalue weighted by Crippen LogP contribution is 2.42. The van der Waals surface area contributed by atoms with Crippen LogP contribution < -0.4 is 10.6 Å². The van der Waals surface area contributed by atoms with E-state index in [9.17, 15) is 9.90 Å². The molecule has 0 spiro atoms. The van der Waals surface area contributed by atoms with Crippen molar-refractivity contribution in [1.29, 1.82) is 0 Å². The number of aryl methyl sites for hydroxylation is 1. The van der Waals surface area contributed by atoms with Crippen molar-refractivity contribution < 1.29 is 14.3 Å². The van der Waals surface area contributed by atoms with Crippen molar-refractivity contribution in [2.75, 3.05) is 17.2 Å². The molecule has 1 aliphatic carbocycles. The van der Waals surface area contributed by atoms with Crippen molar-refractivity contribution in [2.45, 2.75) is 58.1 Å². The van der Waals surface area contributed by atoms with Crippen LogP contribution in [0.5, 0.6) is 0 Å². The van der Waals surface area contributed by atoms with Gasteiger partial charge in [-0.2, -0.15) is 15.1 Å². The zero-order valence-corrected chi connectivity index (χ0v) is 21.8. The molecular weight excluding hydrogens is 497 g/mol. The van der Waals surface area contributed by atoms with Crippen molar-refractivity contribution in [3.63, 3.8) is 0 Å². The van der Waals surface area contributed by atoms with Gasteiger partial charge in [-0.3, -0.25) is 9.48 Å². The van der Waals surface area contributed by atoms with Gasteiger partial charge in [-0.05, 0) is 60.4 Å². The molecule has 0 radical (unpaired) electrons. The summed E-state index contributed by atoms with van der Waals surface area (Å²) < 4.78 is 17.0. The Bertz CT molecular complexity index is 1560. The minimum Gasteiger partial charge on any atom is -0.392 e. The molecule has 3 N–H and O–H groups in total. The molecule has 1 fully saturated rings. The summed E-state index contributed by atoms with van der Waals surface area (Å²) in [4.78, 5) is 28.3. The number of aliphatic hydroxyl groups excluding tert-OH is 1. The first-order valence-corrected chi connectivity index (χ1v) is 13.3. The fraction of sp³-hybridized carbons (Fsp3) is 0.345. The molecule has 4 aromatic rings. The Morgan fingerprint density at radius 3 is 2.79 bits per heavy atom. The zero-order chi connectivity index (χ0) is 27.1. The van der Waals surface area contributed by atoms with Crippen LogP contribution in [0, 0.1) is 5.82 Å². The van der Waals surface area contributed by atoms with Crippen molar-refractivity contribution in [3.8, 4) is 11.4 Å². The maximum Gasteiger partial charge on any atom is 0.261 e. The van der Waals surface area contributed by atoms with Gasteiger partial charge in [0.1, 0.15) is 11.6 Å². The van der Waals surface area contributed by atoms with E-state index in [-0.39, 0.29) is 18.1 Å². The first-order valence-electron chi connectivity index (χ1n) is 13.3. The van der Waals surface area contributed by atoms with Gasteiger partial charge in [0, 0.05) is 36.8 Å². The monoisotopic (exact) mass is 527 g/mol. The fourth-order valence-corrected chi connectivity index (χ4v) is 5.35. The normalized spacial score (nSPS) is 15.1. The second-order valence-corrected chi connectivity index (χ2v) is 10.2. The highest BCUT2D eigenvalue weighted by molar-refractivity contribution is 6.09. The minimum absolute atomic E-state index is 0.0572. The lowest BCUT2D eigenvalue weighted by Crippen LogP contribution is -2.39. The molecule has 9 nitrogen and oxygen atoms in total. The Hall–Kier alpha value is -4.18. The molecule has 10 heteroatoms. The fourth-order valence-electron chi connectivity index (χ4n) is 5.35. The van der Waals surface area contributed by atoms with E-state index in [1.165, 1.54) is 11.0 Å². The lowest BCUT2D eigenvalue weighted by atomic mass is 9.93. The van der Waals surface area contributed by atoms with Crippen molar-refractivity contribution >= 4 is 17.5 Å². The van der Waals surface area contributed by atoms with Gasteiger partial charge in [0.25, 0.3) is 5.91 Å². The van der Waals surface area contributed by atoms with Crippen molar-refractivity contribution in [1.82, 2.24) is 24.7 Å². The molecule has 0 unspecified atom stereocenters. The number of hydrogen-bond acceptors (Lipinski definition) is 7. The highest BCUT2D eigenvalue weighted by atomic mass is 19.1. The Morgan fingerprint density at radius 1 is 1.18 bits per heavy atom. The van der Waals surface area contributed by atoms with Gasteiger partial charge in [-0.15, -0.1) is 0 Å². The molecule has 39 heavy (non-hydrogen) atoms. The van der Waals surface area contributed by atoms with Gasteiger partial charge in [-0.25, -0.2) is 9.37 Å². The maximum atomic E-state index is 15.2. The molecule has 0 bridgehead atoms. The SMILES string of the molecule is CCCn1cc(Cc2nc(N)nc(-c3cccc(N4CCc5cc(C6CC6)cc(F)c5C4=O)c3CO)n2)cn1. The summed E-state index contributed by atoms with van der Waals surface area (Å²) in [6.45, 7) is 2.92. The molecule has 2 aromatic carbocycles. The van der Waals surface area contributed by atoms with E-state index in [1.807, 2.05) is 16.9 Å². The van der Waals surface area contributed by atoms with Gasteiger partial charge in [0.05, 0.1) is 24.1 Å². The Balaban J connectivity index is 1.33. The van der Waals surface area contributed by atoms with E-state index in [2.05, 4.69) is 27.0 Å². The Kier molecular flexibility index (Phi) is 6.56. The maximum absolute atomic E-state index is 15.2. The summed E-state index contributed by atoms with van der Waals surface area (Å²) in [5.74, 6) is 0.335. The second-order valence-electron chi connectivity index (χ2n) is 10.2. The number of carbonyl (C=O) groups is 1. The largest absolute Gasteiger partial charge is 0.392 e. The molecule has 0 saturated heterocycles. The number of benzene rings is 2. The van der Waals surface area contributed by atoms with Crippen molar-refractivity contribution in [2.24, 2.45) is 0 Å². The van der Waals surface area contributed by atoms with E-state index in [0.29, 0.717) is 53.8 Å². The van der Waals surface area contributed by atoms with Crippen LogP contribution in [-0.4, -0.2) is 42.3 Å². The summed E-state index contributed by atoms with van der Waals surface area (Å²) >= 11 is 0. The summed E-state index contributed by atoms with van der Waals surface area (Å²) in [5.41, 5.74) is 10.3. The number of anilines is 2. The van der Waals surface area contributed by atoms with Gasteiger partial charge < -0.3 is 15.7 Å². The minimum atomic E-state index is -0.483. The van der Waals surface area contributed by atoms with Crippen LogP contribution in [0.4, 0.5) is 16.0 Å². The Morgan fingerprint density at radius 2 is 2.03 bits per heavy atom. The third kappa shape index (κ3) is 4.87. The highest BCUT2D eigenvalue weighted by Gasteiger charge is 2.33. The molecule has 6 rings (SSSR count). The van der Waals surface area contributed by atoms with E-state index in [4.69, 9.17) is 5.73 Å². The molecule has 2 aromatic heterocycles. The number of aliphatic hydroxyl groups is 1. The number of amides is 1. The van der Waals surface area contributed by atoms with E-state index >= 15 is 4.39 Å². The number of hydrogen-bond donors (Lipinski definition) is 2. The standard InChI is InChI=1S/C29H30FN7O2/c1-2-9-36-15-17(14-32-36)11-25-33-27(35-29(31)34-25)21-4-3-5-24(22(21)16-38)37-10-8-19-12-20(18-6-7-18)13-23(30)26(19)28(37)39/h3-5,12-15,18,38H,2,6-11,16H2,1H3,(H2,31,33,34,35). The number of nitrogen functional groups attached to an aromatic ring is 1. The van der Waals surface area contributed by atoms with Gasteiger partial charge >= 0.3 is 0 Å². The van der Waals surface area contributed by atoms with E-state index < -0.39 is 11.7 Å². The molecule has 200 valence electrons. The number of carbonyl (C=O) groups excluding carboxylic acids is 1.